The van der Waals surface area contributed by atoms with Crippen LogP contribution in [0.25, 0.3) is 11.1 Å². The zero-order valence-corrected chi connectivity index (χ0v) is 20.7. The Morgan fingerprint density at radius 3 is 2.61 bits per heavy atom. The summed E-state index contributed by atoms with van der Waals surface area (Å²) in [5.41, 5.74) is 3.57. The molecule has 1 saturated heterocycles. The molecule has 0 unspecified atom stereocenters. The van der Waals surface area contributed by atoms with Crippen molar-refractivity contribution in [3.05, 3.63) is 94.0 Å². The molecule has 3 aromatic carbocycles. The second kappa shape index (κ2) is 9.32. The van der Waals surface area contributed by atoms with Gasteiger partial charge < -0.3 is 19.3 Å². The molecule has 2 amide bonds. The molecule has 184 valence electrons. The van der Waals surface area contributed by atoms with Gasteiger partial charge in [-0.15, -0.1) is 0 Å². The van der Waals surface area contributed by atoms with Gasteiger partial charge in [-0.05, 0) is 41.0 Å². The highest BCUT2D eigenvalue weighted by Gasteiger charge is 2.51. The first-order chi connectivity index (χ1) is 17.3. The number of fused-ring (bicyclic) bond motifs is 2. The molecular formula is C28H25ClN2O5. The maximum Gasteiger partial charge on any atom is 0.409 e. The third-order valence-electron chi connectivity index (χ3n) is 6.63. The number of carbonyl (C=O) groups excluding carboxylic acids is 3. The fraction of sp³-hybridized carbons (Fsp3) is 0.250. The van der Waals surface area contributed by atoms with Gasteiger partial charge in [0.15, 0.2) is 5.60 Å². The Balaban J connectivity index is 1.32. The lowest BCUT2D eigenvalue weighted by atomic mass is 9.91. The molecule has 2 aliphatic heterocycles. The van der Waals surface area contributed by atoms with E-state index in [1.54, 1.807) is 37.2 Å². The van der Waals surface area contributed by atoms with Gasteiger partial charge >= 0.3 is 12.1 Å². The van der Waals surface area contributed by atoms with Crippen molar-refractivity contribution in [1.82, 2.24) is 9.80 Å². The Hall–Kier alpha value is -3.84. The van der Waals surface area contributed by atoms with Gasteiger partial charge in [0, 0.05) is 32.6 Å². The van der Waals surface area contributed by atoms with Gasteiger partial charge in [-0.3, -0.25) is 4.79 Å². The number of benzene rings is 3. The molecule has 1 spiro atoms. The van der Waals surface area contributed by atoms with Crippen molar-refractivity contribution >= 4 is 29.6 Å². The number of nitrogens with zero attached hydrogens (tertiary/aromatic N) is 2. The molecule has 7 nitrogen and oxygen atoms in total. The van der Waals surface area contributed by atoms with Crippen LogP contribution in [0, 0.1) is 0 Å². The fourth-order valence-corrected chi connectivity index (χ4v) is 5.02. The molecule has 0 saturated carbocycles. The maximum atomic E-state index is 13.4. The minimum Gasteiger partial charge on any atom is -0.449 e. The van der Waals surface area contributed by atoms with Gasteiger partial charge in [-0.2, -0.15) is 0 Å². The number of rotatable bonds is 4. The molecule has 36 heavy (non-hydrogen) atoms. The standard InChI is InChI=1S/C28H25ClN2O5/c1-30(2)27(34)35-16-18-6-5-7-19(14-18)20-10-11-22(24(29)15-20)25(32)31-13-12-28(17-31)23-9-4-3-8-21(23)26(33)36-28/h3-11,14-15H,12-13,16-17H2,1-2H3/t28-/m0/s1. The highest BCUT2D eigenvalue weighted by atomic mass is 35.5. The lowest BCUT2D eigenvalue weighted by Crippen LogP contribution is -2.34. The van der Waals surface area contributed by atoms with E-state index >= 15 is 0 Å². The van der Waals surface area contributed by atoms with E-state index in [-0.39, 0.29) is 18.5 Å². The van der Waals surface area contributed by atoms with Crippen molar-refractivity contribution < 1.29 is 23.9 Å². The molecule has 0 aliphatic carbocycles. The Labute approximate surface area is 214 Å². The van der Waals surface area contributed by atoms with E-state index in [9.17, 15) is 14.4 Å². The maximum absolute atomic E-state index is 13.4. The molecule has 0 radical (unpaired) electrons. The summed E-state index contributed by atoms with van der Waals surface area (Å²) in [5.74, 6) is -0.547. The van der Waals surface area contributed by atoms with Gasteiger partial charge in [0.05, 0.1) is 22.7 Å². The highest BCUT2D eigenvalue weighted by molar-refractivity contribution is 6.34. The predicted molar refractivity (Wildman–Crippen MR) is 135 cm³/mol. The van der Waals surface area contributed by atoms with E-state index in [1.165, 1.54) is 4.90 Å². The zero-order chi connectivity index (χ0) is 25.4. The molecular weight excluding hydrogens is 480 g/mol. The van der Waals surface area contributed by atoms with Crippen LogP contribution in [-0.2, 0) is 21.7 Å². The number of amides is 2. The molecule has 3 aromatic rings. The SMILES string of the molecule is CN(C)C(=O)OCc1cccc(-c2ccc(C(=O)N3CC[C@@]4(C3)OC(=O)c3ccccc34)c(Cl)c2)c1. The highest BCUT2D eigenvalue weighted by Crippen LogP contribution is 2.43. The van der Waals surface area contributed by atoms with E-state index in [0.717, 1.165) is 22.3 Å². The monoisotopic (exact) mass is 504 g/mol. The normalized spacial score (nSPS) is 18.2. The molecule has 0 bridgehead atoms. The van der Waals surface area contributed by atoms with Crippen molar-refractivity contribution in [2.45, 2.75) is 18.6 Å². The summed E-state index contributed by atoms with van der Waals surface area (Å²) >= 11 is 6.58. The predicted octanol–water partition coefficient (Wildman–Crippen LogP) is 5.12. The summed E-state index contributed by atoms with van der Waals surface area (Å²) in [6.07, 6.45) is 0.133. The number of carbonyl (C=O) groups is 3. The Morgan fingerprint density at radius 1 is 1.06 bits per heavy atom. The Bertz CT molecular complexity index is 1370. The summed E-state index contributed by atoms with van der Waals surface area (Å²) in [6, 6.07) is 20.3. The van der Waals surface area contributed by atoms with Crippen LogP contribution in [0.3, 0.4) is 0 Å². The average molecular weight is 505 g/mol. The van der Waals surface area contributed by atoms with Crippen LogP contribution in [0.1, 0.15) is 38.3 Å². The summed E-state index contributed by atoms with van der Waals surface area (Å²) in [5, 5.41) is 0.340. The molecule has 8 heteroatoms. The van der Waals surface area contributed by atoms with E-state index in [0.29, 0.717) is 35.7 Å². The van der Waals surface area contributed by atoms with Crippen LogP contribution in [0.15, 0.2) is 66.7 Å². The van der Waals surface area contributed by atoms with Gasteiger partial charge in [0.2, 0.25) is 0 Å². The van der Waals surface area contributed by atoms with E-state index in [2.05, 4.69) is 0 Å². The summed E-state index contributed by atoms with van der Waals surface area (Å²) in [6.45, 7) is 0.909. The summed E-state index contributed by atoms with van der Waals surface area (Å²) in [7, 11) is 3.26. The molecule has 1 fully saturated rings. The molecule has 5 rings (SSSR count). The van der Waals surface area contributed by atoms with E-state index < -0.39 is 11.7 Å². The molecule has 0 N–H and O–H groups in total. The minimum atomic E-state index is -0.799. The molecule has 0 aromatic heterocycles. The Kier molecular flexibility index (Phi) is 6.18. The topological polar surface area (TPSA) is 76.2 Å². The smallest absolute Gasteiger partial charge is 0.409 e. The third kappa shape index (κ3) is 4.31. The van der Waals surface area contributed by atoms with Crippen molar-refractivity contribution in [2.24, 2.45) is 0 Å². The minimum absolute atomic E-state index is 0.152. The van der Waals surface area contributed by atoms with Crippen molar-refractivity contribution in [3.63, 3.8) is 0 Å². The quantitative estimate of drug-likeness (QED) is 0.461. The Morgan fingerprint density at radius 2 is 1.83 bits per heavy atom. The number of ether oxygens (including phenoxy) is 2. The summed E-state index contributed by atoms with van der Waals surface area (Å²) < 4.78 is 11.0. The fourth-order valence-electron chi connectivity index (χ4n) is 4.76. The van der Waals surface area contributed by atoms with Crippen LogP contribution in [0.2, 0.25) is 5.02 Å². The second-order valence-corrected chi connectivity index (χ2v) is 9.66. The van der Waals surface area contributed by atoms with Crippen LogP contribution in [0.5, 0.6) is 0 Å². The van der Waals surface area contributed by atoms with E-state index in [1.807, 2.05) is 48.5 Å². The molecule has 1 atom stereocenters. The van der Waals surface area contributed by atoms with Crippen LogP contribution in [0.4, 0.5) is 4.79 Å². The number of hydrogen-bond acceptors (Lipinski definition) is 5. The van der Waals surface area contributed by atoms with Crippen LogP contribution < -0.4 is 0 Å². The summed E-state index contributed by atoms with van der Waals surface area (Å²) in [4.78, 5) is 40.5. The number of esters is 1. The van der Waals surface area contributed by atoms with Crippen molar-refractivity contribution in [1.29, 1.82) is 0 Å². The van der Waals surface area contributed by atoms with Gasteiger partial charge in [-0.1, -0.05) is 54.1 Å². The number of hydrogen-bond donors (Lipinski definition) is 0. The third-order valence-corrected chi connectivity index (χ3v) is 6.94. The number of likely N-dealkylation sites (tertiary alicyclic amines) is 1. The molecule has 2 aliphatic rings. The average Bonchev–Trinajstić information content (AvgIpc) is 3.43. The van der Waals surface area contributed by atoms with Crippen molar-refractivity contribution in [2.75, 3.05) is 27.2 Å². The van der Waals surface area contributed by atoms with Crippen molar-refractivity contribution in [3.8, 4) is 11.1 Å². The van der Waals surface area contributed by atoms with Gasteiger partial charge in [0.1, 0.15) is 6.61 Å². The lowest BCUT2D eigenvalue weighted by molar-refractivity contribution is -0.00306. The van der Waals surface area contributed by atoms with Gasteiger partial charge in [-0.25, -0.2) is 9.59 Å². The molecule has 2 heterocycles. The van der Waals surface area contributed by atoms with Gasteiger partial charge in [0.25, 0.3) is 5.91 Å². The van der Waals surface area contributed by atoms with Crippen LogP contribution >= 0.6 is 11.6 Å². The first-order valence-electron chi connectivity index (χ1n) is 11.6. The first kappa shape index (κ1) is 23.9. The second-order valence-electron chi connectivity index (χ2n) is 9.25. The van der Waals surface area contributed by atoms with E-state index in [4.69, 9.17) is 21.1 Å². The lowest BCUT2D eigenvalue weighted by Gasteiger charge is -2.24. The van der Waals surface area contributed by atoms with Crippen LogP contribution in [-0.4, -0.2) is 55.0 Å². The first-order valence-corrected chi connectivity index (χ1v) is 12.0. The number of halogens is 1. The largest absolute Gasteiger partial charge is 0.449 e. The zero-order valence-electron chi connectivity index (χ0n) is 20.0.